The normalized spacial score (nSPS) is 13.3. The molecule has 7 aromatic carbocycles. The number of aromatic nitrogens is 1. The smallest absolute Gasteiger partial charge is 0.0784 e. The lowest BCUT2D eigenvalue weighted by Gasteiger charge is -2.35. The van der Waals surface area contributed by atoms with Crippen LogP contribution in [0.15, 0.2) is 164 Å². The molecular weight excluding hydrogens is 518 g/mol. The molecule has 0 unspecified atom stereocenters. The van der Waals surface area contributed by atoms with Crippen molar-refractivity contribution in [2.45, 2.75) is 5.41 Å². The molecule has 0 bridgehead atoms. The lowest BCUT2D eigenvalue weighted by atomic mass is 9.66. The van der Waals surface area contributed by atoms with Crippen molar-refractivity contribution in [2.24, 2.45) is 0 Å². The van der Waals surface area contributed by atoms with Gasteiger partial charge in [-0.3, -0.25) is 4.98 Å². The molecule has 43 heavy (non-hydrogen) atoms. The van der Waals surface area contributed by atoms with Gasteiger partial charge in [0.15, 0.2) is 0 Å². The van der Waals surface area contributed by atoms with Gasteiger partial charge in [-0.25, -0.2) is 0 Å². The Morgan fingerprint density at radius 1 is 0.442 bits per heavy atom. The molecule has 1 heteroatoms. The van der Waals surface area contributed by atoms with Gasteiger partial charge >= 0.3 is 0 Å². The molecule has 0 atom stereocenters. The molecule has 9 rings (SSSR count). The van der Waals surface area contributed by atoms with Crippen LogP contribution in [0.1, 0.15) is 22.3 Å². The first-order chi connectivity index (χ1) is 21.3. The molecule has 8 aromatic rings. The van der Waals surface area contributed by atoms with E-state index in [2.05, 4.69) is 158 Å². The van der Waals surface area contributed by atoms with Crippen molar-refractivity contribution in [1.82, 2.24) is 4.98 Å². The zero-order valence-electron chi connectivity index (χ0n) is 23.5. The predicted molar refractivity (Wildman–Crippen MR) is 179 cm³/mol. The predicted octanol–water partition coefficient (Wildman–Crippen LogP) is 10.6. The first kappa shape index (κ1) is 24.1. The summed E-state index contributed by atoms with van der Waals surface area (Å²) >= 11 is 0. The molecule has 0 N–H and O–H groups in total. The van der Waals surface area contributed by atoms with E-state index >= 15 is 0 Å². The molecular formula is C42H27N. The SMILES string of the molecule is c1ccc(C2(c3ccccc3)c3cc(-c4ccc5ccccc5c4)ccc3-c3c2c2cccnc2c2ccccc32)cc1. The van der Waals surface area contributed by atoms with Gasteiger partial charge in [-0.15, -0.1) is 0 Å². The molecule has 1 heterocycles. The molecule has 1 aliphatic rings. The second kappa shape index (κ2) is 9.24. The number of hydrogen-bond acceptors (Lipinski definition) is 1. The maximum Gasteiger partial charge on any atom is 0.0784 e. The highest BCUT2D eigenvalue weighted by molar-refractivity contribution is 6.18. The van der Waals surface area contributed by atoms with E-state index in [1.165, 1.54) is 71.4 Å². The van der Waals surface area contributed by atoms with E-state index < -0.39 is 5.41 Å². The Kier molecular flexibility index (Phi) is 5.18. The van der Waals surface area contributed by atoms with Crippen molar-refractivity contribution in [1.29, 1.82) is 0 Å². The van der Waals surface area contributed by atoms with Gasteiger partial charge in [0.25, 0.3) is 0 Å². The van der Waals surface area contributed by atoms with Crippen LogP contribution in [-0.2, 0) is 5.41 Å². The van der Waals surface area contributed by atoms with E-state index in [-0.39, 0.29) is 0 Å². The topological polar surface area (TPSA) is 12.9 Å². The molecule has 0 fully saturated rings. The van der Waals surface area contributed by atoms with Crippen LogP contribution in [-0.4, -0.2) is 4.98 Å². The molecule has 0 radical (unpaired) electrons. The highest BCUT2D eigenvalue weighted by atomic mass is 14.7. The minimum atomic E-state index is -0.522. The Morgan fingerprint density at radius 2 is 1.05 bits per heavy atom. The van der Waals surface area contributed by atoms with E-state index in [0.29, 0.717) is 0 Å². The third-order valence-electron chi connectivity index (χ3n) is 9.34. The average molecular weight is 546 g/mol. The van der Waals surface area contributed by atoms with Gasteiger partial charge in [0.05, 0.1) is 10.9 Å². The van der Waals surface area contributed by atoms with E-state index in [4.69, 9.17) is 4.98 Å². The van der Waals surface area contributed by atoms with Crippen LogP contribution in [0, 0.1) is 0 Å². The first-order valence-electron chi connectivity index (χ1n) is 14.9. The van der Waals surface area contributed by atoms with Gasteiger partial charge in [-0.2, -0.15) is 0 Å². The number of rotatable bonds is 3. The molecule has 0 aliphatic heterocycles. The number of pyridine rings is 1. The molecule has 1 aliphatic carbocycles. The highest BCUT2D eigenvalue weighted by Crippen LogP contribution is 2.60. The third-order valence-corrected chi connectivity index (χ3v) is 9.34. The molecule has 1 aromatic heterocycles. The lowest BCUT2D eigenvalue weighted by Crippen LogP contribution is -2.29. The second-order valence-corrected chi connectivity index (χ2v) is 11.5. The van der Waals surface area contributed by atoms with Crippen LogP contribution in [0.3, 0.4) is 0 Å². The van der Waals surface area contributed by atoms with Gasteiger partial charge < -0.3 is 0 Å². The van der Waals surface area contributed by atoms with Crippen molar-refractivity contribution in [3.05, 3.63) is 186 Å². The summed E-state index contributed by atoms with van der Waals surface area (Å²) in [5, 5.41) is 6.15. The van der Waals surface area contributed by atoms with Crippen LogP contribution in [0.25, 0.3) is 54.7 Å². The molecule has 0 saturated carbocycles. The van der Waals surface area contributed by atoms with Crippen LogP contribution in [0.4, 0.5) is 0 Å². The van der Waals surface area contributed by atoms with E-state index in [9.17, 15) is 0 Å². The van der Waals surface area contributed by atoms with Crippen molar-refractivity contribution < 1.29 is 0 Å². The number of fused-ring (bicyclic) bond motifs is 9. The molecule has 200 valence electrons. The van der Waals surface area contributed by atoms with Gasteiger partial charge in [-0.05, 0) is 78.9 Å². The summed E-state index contributed by atoms with van der Waals surface area (Å²) in [5.41, 5.74) is 10.7. The fraction of sp³-hybridized carbons (Fsp3) is 0.0238. The van der Waals surface area contributed by atoms with Gasteiger partial charge in [0.2, 0.25) is 0 Å². The summed E-state index contributed by atoms with van der Waals surface area (Å²) in [5.74, 6) is 0. The molecule has 0 amide bonds. The Labute approximate surface area is 250 Å². The summed E-state index contributed by atoms with van der Waals surface area (Å²) in [6.07, 6.45) is 1.92. The monoisotopic (exact) mass is 545 g/mol. The van der Waals surface area contributed by atoms with Crippen LogP contribution >= 0.6 is 0 Å². The number of hydrogen-bond donors (Lipinski definition) is 0. The van der Waals surface area contributed by atoms with Gasteiger partial charge in [0.1, 0.15) is 0 Å². The molecule has 1 nitrogen and oxygen atoms in total. The Morgan fingerprint density at radius 3 is 1.81 bits per heavy atom. The van der Waals surface area contributed by atoms with Crippen molar-refractivity contribution in [2.75, 3.05) is 0 Å². The average Bonchev–Trinajstić information content (AvgIpc) is 3.40. The fourth-order valence-electron chi connectivity index (χ4n) is 7.57. The summed E-state index contributed by atoms with van der Waals surface area (Å²) in [6.45, 7) is 0. The summed E-state index contributed by atoms with van der Waals surface area (Å²) in [7, 11) is 0. The maximum absolute atomic E-state index is 5.00. The quantitative estimate of drug-likeness (QED) is 0.201. The largest absolute Gasteiger partial charge is 0.256 e. The maximum atomic E-state index is 5.00. The van der Waals surface area contributed by atoms with Gasteiger partial charge in [0, 0.05) is 17.0 Å². The summed E-state index contributed by atoms with van der Waals surface area (Å²) in [6, 6.07) is 57.8. The summed E-state index contributed by atoms with van der Waals surface area (Å²) < 4.78 is 0. The fourth-order valence-corrected chi connectivity index (χ4v) is 7.57. The van der Waals surface area contributed by atoms with Crippen molar-refractivity contribution in [3.8, 4) is 22.3 Å². The molecule has 0 spiro atoms. The summed E-state index contributed by atoms with van der Waals surface area (Å²) in [4.78, 5) is 5.00. The van der Waals surface area contributed by atoms with Crippen molar-refractivity contribution in [3.63, 3.8) is 0 Å². The first-order valence-corrected chi connectivity index (χ1v) is 14.9. The zero-order chi connectivity index (χ0) is 28.4. The van der Waals surface area contributed by atoms with Crippen LogP contribution in [0.2, 0.25) is 0 Å². The number of nitrogens with zero attached hydrogens (tertiary/aromatic N) is 1. The van der Waals surface area contributed by atoms with E-state index in [1.807, 2.05) is 6.20 Å². The third kappa shape index (κ3) is 3.37. The minimum absolute atomic E-state index is 0.522. The Hall–Kier alpha value is -5.53. The van der Waals surface area contributed by atoms with Crippen molar-refractivity contribution >= 4 is 32.4 Å². The van der Waals surface area contributed by atoms with E-state index in [1.54, 1.807) is 0 Å². The minimum Gasteiger partial charge on any atom is -0.256 e. The van der Waals surface area contributed by atoms with Gasteiger partial charge in [-0.1, -0.05) is 140 Å². The number of benzene rings is 7. The zero-order valence-corrected chi connectivity index (χ0v) is 23.5. The highest BCUT2D eigenvalue weighted by Gasteiger charge is 2.48. The lowest BCUT2D eigenvalue weighted by molar-refractivity contribution is 0.776. The Bertz CT molecular complexity index is 2290. The standard InChI is InChI=1S/C42H27N/c1-3-14-32(15-4-1)42(33-16-5-2-6-17-33)38-27-31(30-22-21-28-12-7-8-13-29(28)26-30)23-24-36(38)39-34-18-9-10-19-35(34)41-37(40(39)42)20-11-25-43-41/h1-27H. The van der Waals surface area contributed by atoms with Crippen LogP contribution in [0.5, 0.6) is 0 Å². The second-order valence-electron chi connectivity index (χ2n) is 11.5. The Balaban J connectivity index is 1.47. The van der Waals surface area contributed by atoms with E-state index in [0.717, 1.165) is 5.52 Å². The van der Waals surface area contributed by atoms with Crippen LogP contribution < -0.4 is 0 Å². The molecule has 0 saturated heterocycles.